The lowest BCUT2D eigenvalue weighted by atomic mass is 9.95. The minimum absolute atomic E-state index is 0.0767. The molecule has 1 atom stereocenters. The highest BCUT2D eigenvalue weighted by Crippen LogP contribution is 2.17. The maximum Gasteiger partial charge on any atom is 0.234 e. The summed E-state index contributed by atoms with van der Waals surface area (Å²) in [6.45, 7) is 2.39. The molecule has 0 bridgehead atoms. The fourth-order valence-corrected chi connectivity index (χ4v) is 2.84. The molecular weight excluding hydrogens is 267 g/mol. The summed E-state index contributed by atoms with van der Waals surface area (Å²) >= 11 is 0. The number of hydrogen-bond acceptors (Lipinski definition) is 2. The molecule has 1 unspecified atom stereocenters. The molecule has 2 N–H and O–H groups in total. The zero-order chi connectivity index (χ0) is 15.1. The van der Waals surface area contributed by atoms with Crippen LogP contribution < -0.4 is 10.6 Å². The first-order chi connectivity index (χ1) is 10.1. The summed E-state index contributed by atoms with van der Waals surface area (Å²) in [6, 6.07) is 7.06. The number of halogens is 1. The molecule has 4 heteroatoms. The van der Waals surface area contributed by atoms with Gasteiger partial charge in [0.25, 0.3) is 0 Å². The zero-order valence-electron chi connectivity index (χ0n) is 12.7. The Morgan fingerprint density at radius 2 is 1.90 bits per heavy atom. The maximum atomic E-state index is 12.8. The Kier molecular flexibility index (Phi) is 6.18. The van der Waals surface area contributed by atoms with Crippen molar-refractivity contribution in [1.29, 1.82) is 0 Å². The summed E-state index contributed by atoms with van der Waals surface area (Å²) in [6.07, 6.45) is 6.74. The molecule has 1 aromatic rings. The highest BCUT2D eigenvalue weighted by atomic mass is 19.1. The van der Waals surface area contributed by atoms with Crippen LogP contribution in [0, 0.1) is 5.82 Å². The van der Waals surface area contributed by atoms with E-state index in [0.717, 1.165) is 24.8 Å². The largest absolute Gasteiger partial charge is 0.352 e. The molecule has 1 saturated carbocycles. The molecule has 2 rings (SSSR count). The minimum Gasteiger partial charge on any atom is -0.352 e. The number of carbonyl (C=O) groups excluding carboxylic acids is 1. The van der Waals surface area contributed by atoms with Crippen molar-refractivity contribution in [2.75, 3.05) is 6.54 Å². The van der Waals surface area contributed by atoms with Crippen LogP contribution in [0.3, 0.4) is 0 Å². The fraction of sp³-hybridized carbons (Fsp3) is 0.588. The molecule has 1 aromatic carbocycles. The third-order valence-electron chi connectivity index (χ3n) is 4.04. The van der Waals surface area contributed by atoms with E-state index in [0.29, 0.717) is 12.6 Å². The smallest absolute Gasteiger partial charge is 0.234 e. The van der Waals surface area contributed by atoms with E-state index in [4.69, 9.17) is 0 Å². The first-order valence-corrected chi connectivity index (χ1v) is 7.90. The van der Waals surface area contributed by atoms with Crippen molar-refractivity contribution in [2.45, 2.75) is 57.5 Å². The summed E-state index contributed by atoms with van der Waals surface area (Å²) < 4.78 is 12.8. The third-order valence-corrected chi connectivity index (χ3v) is 4.04. The van der Waals surface area contributed by atoms with E-state index < -0.39 is 0 Å². The average molecular weight is 292 g/mol. The fourth-order valence-electron chi connectivity index (χ4n) is 2.84. The lowest BCUT2D eigenvalue weighted by molar-refractivity contribution is -0.121. The van der Waals surface area contributed by atoms with Crippen molar-refractivity contribution in [3.63, 3.8) is 0 Å². The highest BCUT2D eigenvalue weighted by Gasteiger charge is 2.15. The van der Waals surface area contributed by atoms with Crippen molar-refractivity contribution >= 4 is 5.91 Å². The van der Waals surface area contributed by atoms with Crippen molar-refractivity contribution in [3.05, 3.63) is 35.6 Å². The lowest BCUT2D eigenvalue weighted by Gasteiger charge is -2.23. The van der Waals surface area contributed by atoms with Gasteiger partial charge in [0.05, 0.1) is 6.54 Å². The van der Waals surface area contributed by atoms with Crippen LogP contribution in [0.15, 0.2) is 24.3 Å². The Hall–Kier alpha value is -1.42. The molecule has 0 heterocycles. The Morgan fingerprint density at radius 3 is 2.57 bits per heavy atom. The van der Waals surface area contributed by atoms with E-state index in [2.05, 4.69) is 10.6 Å². The molecule has 0 spiro atoms. The Balaban J connectivity index is 1.66. The summed E-state index contributed by atoms with van der Waals surface area (Å²) in [7, 11) is 0. The van der Waals surface area contributed by atoms with Gasteiger partial charge in [0.1, 0.15) is 5.82 Å². The summed E-state index contributed by atoms with van der Waals surface area (Å²) in [5, 5.41) is 6.32. The molecule has 1 fully saturated rings. The van der Waals surface area contributed by atoms with Gasteiger partial charge in [-0.05, 0) is 43.9 Å². The van der Waals surface area contributed by atoms with Crippen molar-refractivity contribution < 1.29 is 9.18 Å². The molecule has 0 aromatic heterocycles. The third kappa shape index (κ3) is 5.84. The standard InChI is InChI=1S/C17H25FN2O/c1-13(11-14-7-9-15(18)10-8-14)19-12-17(21)20-16-5-3-2-4-6-16/h7-10,13,16,19H,2-6,11-12H2,1H3,(H,20,21). The Bertz CT molecular complexity index is 441. The van der Waals surface area contributed by atoms with Gasteiger partial charge in [0.15, 0.2) is 0 Å². The van der Waals surface area contributed by atoms with E-state index in [1.165, 1.54) is 31.4 Å². The number of amides is 1. The predicted octanol–water partition coefficient (Wildman–Crippen LogP) is 2.80. The van der Waals surface area contributed by atoms with Crippen LogP contribution in [0.4, 0.5) is 4.39 Å². The van der Waals surface area contributed by atoms with Gasteiger partial charge in [0.2, 0.25) is 5.91 Å². The second-order valence-electron chi connectivity index (χ2n) is 6.01. The Morgan fingerprint density at radius 1 is 1.24 bits per heavy atom. The second-order valence-corrected chi connectivity index (χ2v) is 6.01. The molecule has 0 aliphatic heterocycles. The maximum absolute atomic E-state index is 12.8. The molecule has 116 valence electrons. The second kappa shape index (κ2) is 8.13. The van der Waals surface area contributed by atoms with Gasteiger partial charge >= 0.3 is 0 Å². The molecule has 21 heavy (non-hydrogen) atoms. The molecule has 1 aliphatic rings. The first kappa shape index (κ1) is 16.0. The normalized spacial score (nSPS) is 17.4. The van der Waals surface area contributed by atoms with Crippen LogP contribution in [0.25, 0.3) is 0 Å². The number of nitrogens with one attached hydrogen (secondary N) is 2. The van der Waals surface area contributed by atoms with Crippen molar-refractivity contribution in [1.82, 2.24) is 10.6 Å². The monoisotopic (exact) mass is 292 g/mol. The molecule has 1 aliphatic carbocycles. The number of rotatable bonds is 6. The lowest BCUT2D eigenvalue weighted by Crippen LogP contribution is -2.43. The number of benzene rings is 1. The SMILES string of the molecule is CC(Cc1ccc(F)cc1)NCC(=O)NC1CCCCC1. The molecule has 0 radical (unpaired) electrons. The number of carbonyl (C=O) groups is 1. The van der Waals surface area contributed by atoms with Crippen LogP contribution in [0.1, 0.15) is 44.6 Å². The first-order valence-electron chi connectivity index (χ1n) is 7.90. The van der Waals surface area contributed by atoms with Crippen LogP contribution >= 0.6 is 0 Å². The van der Waals surface area contributed by atoms with Gasteiger partial charge in [-0.2, -0.15) is 0 Å². The van der Waals surface area contributed by atoms with Gasteiger partial charge < -0.3 is 10.6 Å². The van der Waals surface area contributed by atoms with E-state index in [-0.39, 0.29) is 17.8 Å². The van der Waals surface area contributed by atoms with E-state index >= 15 is 0 Å². The van der Waals surface area contributed by atoms with Crippen LogP contribution in [0.5, 0.6) is 0 Å². The number of hydrogen-bond donors (Lipinski definition) is 2. The average Bonchev–Trinajstić information content (AvgIpc) is 2.49. The van der Waals surface area contributed by atoms with E-state index in [9.17, 15) is 9.18 Å². The van der Waals surface area contributed by atoms with Gasteiger partial charge in [-0.1, -0.05) is 31.4 Å². The van der Waals surface area contributed by atoms with Crippen LogP contribution in [-0.4, -0.2) is 24.5 Å². The summed E-state index contributed by atoms with van der Waals surface area (Å²) in [5.41, 5.74) is 1.07. The Labute approximate surface area is 126 Å². The zero-order valence-corrected chi connectivity index (χ0v) is 12.7. The van der Waals surface area contributed by atoms with E-state index in [1.807, 2.05) is 6.92 Å². The highest BCUT2D eigenvalue weighted by molar-refractivity contribution is 5.78. The summed E-state index contributed by atoms with van der Waals surface area (Å²) in [5.74, 6) is -0.140. The molecule has 1 amide bonds. The molecular formula is C17H25FN2O. The quantitative estimate of drug-likeness (QED) is 0.846. The van der Waals surface area contributed by atoms with Crippen LogP contribution in [-0.2, 0) is 11.2 Å². The van der Waals surface area contributed by atoms with Gasteiger partial charge in [0, 0.05) is 12.1 Å². The minimum atomic E-state index is -0.216. The molecule has 3 nitrogen and oxygen atoms in total. The van der Waals surface area contributed by atoms with Gasteiger partial charge in [-0.25, -0.2) is 4.39 Å². The van der Waals surface area contributed by atoms with Crippen LogP contribution in [0.2, 0.25) is 0 Å². The van der Waals surface area contributed by atoms with Crippen molar-refractivity contribution in [2.24, 2.45) is 0 Å². The van der Waals surface area contributed by atoms with Crippen molar-refractivity contribution in [3.8, 4) is 0 Å². The topological polar surface area (TPSA) is 41.1 Å². The van der Waals surface area contributed by atoms with Gasteiger partial charge in [-0.15, -0.1) is 0 Å². The summed E-state index contributed by atoms with van der Waals surface area (Å²) in [4.78, 5) is 11.9. The van der Waals surface area contributed by atoms with Gasteiger partial charge in [-0.3, -0.25) is 4.79 Å². The van der Waals surface area contributed by atoms with E-state index in [1.54, 1.807) is 12.1 Å². The predicted molar refractivity (Wildman–Crippen MR) is 82.6 cm³/mol. The molecule has 0 saturated heterocycles.